The van der Waals surface area contributed by atoms with Crippen molar-refractivity contribution in [3.05, 3.63) is 65.7 Å². The molecule has 3 rings (SSSR count). The SMILES string of the molecule is Cl.c1ccc(COc2ccc([C@H]3COCCN3)cc2)cc1. The van der Waals surface area contributed by atoms with Crippen LogP contribution in [0.1, 0.15) is 17.2 Å². The monoisotopic (exact) mass is 305 g/mol. The average Bonchev–Trinajstić information content (AvgIpc) is 2.55. The molecule has 0 aliphatic carbocycles. The summed E-state index contributed by atoms with van der Waals surface area (Å²) in [6.07, 6.45) is 0. The normalized spacial score (nSPS) is 17.8. The molecule has 0 saturated carbocycles. The van der Waals surface area contributed by atoms with E-state index >= 15 is 0 Å². The van der Waals surface area contributed by atoms with Gasteiger partial charge in [0.2, 0.25) is 0 Å². The zero-order valence-electron chi connectivity index (χ0n) is 11.8. The van der Waals surface area contributed by atoms with Gasteiger partial charge in [-0.3, -0.25) is 0 Å². The zero-order valence-corrected chi connectivity index (χ0v) is 12.6. The largest absolute Gasteiger partial charge is 0.489 e. The number of hydrogen-bond donors (Lipinski definition) is 1. The summed E-state index contributed by atoms with van der Waals surface area (Å²) in [5.41, 5.74) is 2.43. The van der Waals surface area contributed by atoms with Crippen molar-refractivity contribution in [1.82, 2.24) is 5.32 Å². The Morgan fingerprint density at radius 3 is 2.48 bits per heavy atom. The summed E-state index contributed by atoms with van der Waals surface area (Å²) in [6.45, 7) is 3.06. The predicted octanol–water partition coefficient (Wildman–Crippen LogP) is 3.35. The van der Waals surface area contributed by atoms with Crippen molar-refractivity contribution in [3.63, 3.8) is 0 Å². The molecule has 4 heteroatoms. The Kier molecular flexibility index (Phi) is 6.05. The topological polar surface area (TPSA) is 30.5 Å². The van der Waals surface area contributed by atoms with Gasteiger partial charge in [-0.1, -0.05) is 42.5 Å². The molecule has 1 aliphatic heterocycles. The van der Waals surface area contributed by atoms with Crippen LogP contribution in [0, 0.1) is 0 Å². The Bertz CT molecular complexity index is 524. The smallest absolute Gasteiger partial charge is 0.119 e. The molecule has 1 atom stereocenters. The van der Waals surface area contributed by atoms with E-state index in [4.69, 9.17) is 9.47 Å². The van der Waals surface area contributed by atoms with E-state index in [-0.39, 0.29) is 12.4 Å². The van der Waals surface area contributed by atoms with Crippen LogP contribution in [0.4, 0.5) is 0 Å². The van der Waals surface area contributed by atoms with Gasteiger partial charge in [-0.2, -0.15) is 0 Å². The lowest BCUT2D eigenvalue weighted by molar-refractivity contribution is 0.0768. The van der Waals surface area contributed by atoms with Gasteiger partial charge < -0.3 is 14.8 Å². The molecule has 1 fully saturated rings. The quantitative estimate of drug-likeness (QED) is 0.939. The molecule has 1 N–H and O–H groups in total. The summed E-state index contributed by atoms with van der Waals surface area (Å²) in [5, 5.41) is 3.45. The van der Waals surface area contributed by atoms with E-state index < -0.39 is 0 Å². The molecule has 2 aromatic carbocycles. The molecule has 0 aromatic heterocycles. The van der Waals surface area contributed by atoms with E-state index in [9.17, 15) is 0 Å². The molecular weight excluding hydrogens is 286 g/mol. The van der Waals surface area contributed by atoms with Gasteiger partial charge in [0.25, 0.3) is 0 Å². The van der Waals surface area contributed by atoms with Crippen molar-refractivity contribution in [3.8, 4) is 5.75 Å². The highest BCUT2D eigenvalue weighted by atomic mass is 35.5. The van der Waals surface area contributed by atoms with Gasteiger partial charge in [0.1, 0.15) is 12.4 Å². The second kappa shape index (κ2) is 8.03. The summed E-state index contributed by atoms with van der Waals surface area (Å²) in [4.78, 5) is 0. The maximum atomic E-state index is 5.78. The molecule has 1 saturated heterocycles. The lowest BCUT2D eigenvalue weighted by atomic mass is 10.1. The first-order valence-corrected chi connectivity index (χ1v) is 6.99. The van der Waals surface area contributed by atoms with Crippen LogP contribution >= 0.6 is 12.4 Å². The van der Waals surface area contributed by atoms with Crippen LogP contribution in [-0.2, 0) is 11.3 Å². The van der Waals surface area contributed by atoms with E-state index in [1.165, 1.54) is 11.1 Å². The Morgan fingerprint density at radius 1 is 1.05 bits per heavy atom. The molecular formula is C17H20ClNO2. The molecule has 0 bridgehead atoms. The van der Waals surface area contributed by atoms with Gasteiger partial charge in [-0.15, -0.1) is 12.4 Å². The van der Waals surface area contributed by atoms with E-state index in [2.05, 4.69) is 29.6 Å². The number of halogens is 1. The van der Waals surface area contributed by atoms with Crippen LogP contribution in [0.15, 0.2) is 54.6 Å². The molecule has 0 amide bonds. The Balaban J connectivity index is 0.00000161. The van der Waals surface area contributed by atoms with Crippen molar-refractivity contribution in [2.45, 2.75) is 12.6 Å². The van der Waals surface area contributed by atoms with Crippen LogP contribution in [0.25, 0.3) is 0 Å². The van der Waals surface area contributed by atoms with E-state index in [0.29, 0.717) is 12.6 Å². The fourth-order valence-electron chi connectivity index (χ4n) is 2.32. The lowest BCUT2D eigenvalue weighted by Crippen LogP contribution is -2.34. The molecule has 21 heavy (non-hydrogen) atoms. The molecule has 0 radical (unpaired) electrons. The molecule has 112 valence electrons. The fourth-order valence-corrected chi connectivity index (χ4v) is 2.32. The van der Waals surface area contributed by atoms with Crippen LogP contribution in [-0.4, -0.2) is 19.8 Å². The second-order valence-corrected chi connectivity index (χ2v) is 4.92. The Labute approximate surface area is 131 Å². The minimum atomic E-state index is 0. The van der Waals surface area contributed by atoms with Crippen LogP contribution < -0.4 is 10.1 Å². The number of hydrogen-bond acceptors (Lipinski definition) is 3. The zero-order chi connectivity index (χ0) is 13.6. The number of nitrogens with one attached hydrogen (secondary N) is 1. The summed E-state index contributed by atoms with van der Waals surface area (Å²) < 4.78 is 11.3. The van der Waals surface area contributed by atoms with Gasteiger partial charge in [0.05, 0.1) is 19.3 Å². The standard InChI is InChI=1S/C17H19NO2.ClH/c1-2-4-14(5-3-1)12-20-16-8-6-15(7-9-16)17-13-19-11-10-18-17;/h1-9,17-18H,10-13H2;1H/t17-;/m1./s1. The predicted molar refractivity (Wildman–Crippen MR) is 86.0 cm³/mol. The van der Waals surface area contributed by atoms with Crippen molar-refractivity contribution < 1.29 is 9.47 Å². The third-order valence-electron chi connectivity index (χ3n) is 3.45. The summed E-state index contributed by atoms with van der Waals surface area (Å²) >= 11 is 0. The van der Waals surface area contributed by atoms with Gasteiger partial charge >= 0.3 is 0 Å². The average molecular weight is 306 g/mol. The Morgan fingerprint density at radius 2 is 1.81 bits per heavy atom. The van der Waals surface area contributed by atoms with Gasteiger partial charge in [-0.25, -0.2) is 0 Å². The third kappa shape index (κ3) is 4.46. The first-order valence-electron chi connectivity index (χ1n) is 6.99. The first-order chi connectivity index (χ1) is 9.92. The number of benzene rings is 2. The van der Waals surface area contributed by atoms with E-state index in [0.717, 1.165) is 25.5 Å². The van der Waals surface area contributed by atoms with Crippen molar-refractivity contribution >= 4 is 12.4 Å². The minimum Gasteiger partial charge on any atom is -0.489 e. The summed E-state index contributed by atoms with van der Waals surface area (Å²) in [6, 6.07) is 18.7. The first kappa shape index (κ1) is 15.8. The van der Waals surface area contributed by atoms with Gasteiger partial charge in [0.15, 0.2) is 0 Å². The molecule has 1 aliphatic rings. The molecule has 1 heterocycles. The van der Waals surface area contributed by atoms with Gasteiger partial charge in [-0.05, 0) is 23.3 Å². The van der Waals surface area contributed by atoms with Crippen LogP contribution in [0.5, 0.6) is 5.75 Å². The number of morpholine rings is 1. The molecule has 3 nitrogen and oxygen atoms in total. The lowest BCUT2D eigenvalue weighted by Gasteiger charge is -2.24. The second-order valence-electron chi connectivity index (χ2n) is 4.92. The molecule has 0 spiro atoms. The highest BCUT2D eigenvalue weighted by Crippen LogP contribution is 2.20. The highest BCUT2D eigenvalue weighted by molar-refractivity contribution is 5.85. The maximum absolute atomic E-state index is 5.78. The maximum Gasteiger partial charge on any atom is 0.119 e. The third-order valence-corrected chi connectivity index (χ3v) is 3.45. The minimum absolute atomic E-state index is 0. The molecule has 0 unspecified atom stereocenters. The van der Waals surface area contributed by atoms with Gasteiger partial charge in [0, 0.05) is 6.54 Å². The summed E-state index contributed by atoms with van der Waals surface area (Å²) in [7, 11) is 0. The molecule has 2 aromatic rings. The fraction of sp³-hybridized carbons (Fsp3) is 0.294. The van der Waals surface area contributed by atoms with Crippen LogP contribution in [0.2, 0.25) is 0 Å². The van der Waals surface area contributed by atoms with E-state index in [1.807, 2.05) is 30.3 Å². The highest BCUT2D eigenvalue weighted by Gasteiger charge is 2.14. The van der Waals surface area contributed by atoms with Crippen LogP contribution in [0.3, 0.4) is 0 Å². The Hall–Kier alpha value is -1.55. The van der Waals surface area contributed by atoms with Crippen molar-refractivity contribution in [2.24, 2.45) is 0 Å². The van der Waals surface area contributed by atoms with Crippen molar-refractivity contribution in [2.75, 3.05) is 19.8 Å². The summed E-state index contributed by atoms with van der Waals surface area (Å²) in [5.74, 6) is 0.898. The number of ether oxygens (including phenoxy) is 2. The van der Waals surface area contributed by atoms with Crippen molar-refractivity contribution in [1.29, 1.82) is 0 Å². The van der Waals surface area contributed by atoms with E-state index in [1.54, 1.807) is 0 Å². The number of rotatable bonds is 4.